The zero-order valence-electron chi connectivity index (χ0n) is 12.8. The molecule has 0 amide bonds. The molecular weight excluding hydrogens is 310 g/mol. The first kappa shape index (κ1) is 18.2. The molecule has 23 heavy (non-hydrogen) atoms. The van der Waals surface area contributed by atoms with Crippen LogP contribution in [0.25, 0.3) is 0 Å². The molecule has 0 spiro atoms. The summed E-state index contributed by atoms with van der Waals surface area (Å²) in [5.41, 5.74) is -3.15. The molecule has 0 saturated heterocycles. The van der Waals surface area contributed by atoms with Gasteiger partial charge in [0.1, 0.15) is 22.5 Å². The van der Waals surface area contributed by atoms with E-state index in [0.717, 1.165) is 4.57 Å². The van der Waals surface area contributed by atoms with Crippen molar-refractivity contribution in [3.63, 3.8) is 0 Å². The van der Waals surface area contributed by atoms with E-state index in [1.807, 2.05) is 0 Å². The first-order valence-electron chi connectivity index (χ1n) is 6.80. The van der Waals surface area contributed by atoms with Gasteiger partial charge in [0, 0.05) is 6.54 Å². The number of carboxylic acids is 3. The molecule has 0 unspecified atom stereocenters. The lowest BCUT2D eigenvalue weighted by Gasteiger charge is -2.12. The van der Waals surface area contributed by atoms with E-state index in [-0.39, 0.29) is 6.54 Å². The van der Waals surface area contributed by atoms with Gasteiger partial charge in [0.15, 0.2) is 0 Å². The van der Waals surface area contributed by atoms with E-state index in [4.69, 9.17) is 4.74 Å². The lowest BCUT2D eigenvalue weighted by molar-refractivity contribution is 0.0357. The molecule has 3 N–H and O–H groups in total. The van der Waals surface area contributed by atoms with Crippen LogP contribution in [0.5, 0.6) is 0 Å². The molecule has 0 aliphatic carbocycles. The van der Waals surface area contributed by atoms with Crippen LogP contribution in [0.3, 0.4) is 0 Å². The fourth-order valence-electron chi connectivity index (χ4n) is 2.19. The Morgan fingerprint density at radius 3 is 1.78 bits per heavy atom. The van der Waals surface area contributed by atoms with Crippen LogP contribution in [0.1, 0.15) is 68.9 Å². The lowest BCUT2D eigenvalue weighted by Crippen LogP contribution is -2.20. The molecule has 0 saturated carbocycles. The molecule has 0 aromatic carbocycles. The second-order valence-corrected chi connectivity index (χ2v) is 4.97. The number of hydrogen-bond acceptors (Lipinski definition) is 5. The van der Waals surface area contributed by atoms with E-state index in [1.165, 1.54) is 13.8 Å². The largest absolute Gasteiger partial charge is 0.478 e. The van der Waals surface area contributed by atoms with Gasteiger partial charge in [0.2, 0.25) is 0 Å². The molecule has 0 bridgehead atoms. The van der Waals surface area contributed by atoms with Gasteiger partial charge in [-0.05, 0) is 20.3 Å². The number of carbonyl (C=O) groups is 4. The first-order valence-corrected chi connectivity index (χ1v) is 6.80. The van der Waals surface area contributed by atoms with E-state index in [2.05, 4.69) is 0 Å². The smallest absolute Gasteiger partial charge is 0.356 e. The number of aromatic carboxylic acids is 3. The first-order chi connectivity index (χ1) is 10.6. The lowest BCUT2D eigenvalue weighted by atomic mass is 10.1. The molecule has 0 aliphatic rings. The van der Waals surface area contributed by atoms with Gasteiger partial charge in [-0.3, -0.25) is 0 Å². The van der Waals surface area contributed by atoms with E-state index in [1.54, 1.807) is 6.92 Å². The Bertz CT molecular complexity index is 671. The molecule has 9 heteroatoms. The summed E-state index contributed by atoms with van der Waals surface area (Å²) in [6.07, 6.45) is -0.231. The van der Waals surface area contributed by atoms with Gasteiger partial charge < -0.3 is 24.6 Å². The zero-order chi connectivity index (χ0) is 17.9. The molecule has 1 rings (SSSR count). The molecule has 0 radical (unpaired) electrons. The van der Waals surface area contributed by atoms with Crippen molar-refractivity contribution < 1.29 is 39.2 Å². The zero-order valence-corrected chi connectivity index (χ0v) is 12.8. The summed E-state index contributed by atoms with van der Waals surface area (Å²) in [6, 6.07) is 0. The van der Waals surface area contributed by atoms with Crippen LogP contribution in [0.15, 0.2) is 0 Å². The van der Waals surface area contributed by atoms with Crippen molar-refractivity contribution >= 4 is 23.9 Å². The number of hydrogen-bond donors (Lipinski definition) is 3. The second-order valence-electron chi connectivity index (χ2n) is 4.97. The van der Waals surface area contributed by atoms with Crippen LogP contribution in [0.4, 0.5) is 0 Å². The summed E-state index contributed by atoms with van der Waals surface area (Å²) < 4.78 is 5.81. The van der Waals surface area contributed by atoms with Gasteiger partial charge in [0.25, 0.3) is 0 Å². The monoisotopic (exact) mass is 327 g/mol. The van der Waals surface area contributed by atoms with Gasteiger partial charge in [-0.2, -0.15) is 0 Å². The van der Waals surface area contributed by atoms with E-state index in [9.17, 15) is 34.5 Å². The van der Waals surface area contributed by atoms with Crippen molar-refractivity contribution in [3.05, 3.63) is 22.5 Å². The predicted octanol–water partition coefficient (Wildman–Crippen LogP) is 1.56. The van der Waals surface area contributed by atoms with Crippen LogP contribution in [0.2, 0.25) is 0 Å². The Morgan fingerprint density at radius 2 is 1.43 bits per heavy atom. The van der Waals surface area contributed by atoms with Crippen LogP contribution < -0.4 is 0 Å². The number of aromatic nitrogens is 1. The highest BCUT2D eigenvalue weighted by atomic mass is 16.5. The SMILES string of the molecule is CCCn1c(C(=O)O)c(C(=O)O)c(C(=O)O)c1C(=O)OC(C)C. The average Bonchev–Trinajstić information content (AvgIpc) is 2.73. The normalized spacial score (nSPS) is 10.6. The summed E-state index contributed by atoms with van der Waals surface area (Å²) in [7, 11) is 0. The van der Waals surface area contributed by atoms with Crippen molar-refractivity contribution in [2.45, 2.75) is 39.8 Å². The van der Waals surface area contributed by atoms with Crippen molar-refractivity contribution in [1.29, 1.82) is 0 Å². The number of carbonyl (C=O) groups excluding carboxylic acids is 1. The quantitative estimate of drug-likeness (QED) is 0.640. The Balaban J connectivity index is 3.86. The Labute approximate surface area is 131 Å². The van der Waals surface area contributed by atoms with Crippen LogP contribution >= 0.6 is 0 Å². The molecular formula is C14H17NO8. The van der Waals surface area contributed by atoms with Crippen molar-refractivity contribution in [2.75, 3.05) is 0 Å². The number of rotatable bonds is 7. The number of carboxylic acid groups (broad SMARTS) is 3. The number of ether oxygens (including phenoxy) is 1. The fraction of sp³-hybridized carbons (Fsp3) is 0.429. The van der Waals surface area contributed by atoms with E-state index < -0.39 is 52.5 Å². The third-order valence-electron chi connectivity index (χ3n) is 2.88. The minimum atomic E-state index is -1.74. The Kier molecular flexibility index (Phi) is 5.50. The molecule has 0 fully saturated rings. The maximum Gasteiger partial charge on any atom is 0.356 e. The topological polar surface area (TPSA) is 143 Å². The minimum absolute atomic E-state index is 0.0439. The Morgan fingerprint density at radius 1 is 0.957 bits per heavy atom. The fourth-order valence-corrected chi connectivity index (χ4v) is 2.19. The van der Waals surface area contributed by atoms with Crippen molar-refractivity contribution in [3.8, 4) is 0 Å². The summed E-state index contributed by atoms with van der Waals surface area (Å²) >= 11 is 0. The van der Waals surface area contributed by atoms with Gasteiger partial charge in [0.05, 0.1) is 6.10 Å². The second kappa shape index (κ2) is 6.95. The Hall–Kier alpha value is -2.84. The number of esters is 1. The highest BCUT2D eigenvalue weighted by Crippen LogP contribution is 2.26. The molecule has 1 heterocycles. The molecule has 1 aromatic rings. The summed E-state index contributed by atoms with van der Waals surface area (Å²) in [5.74, 6) is -6.17. The maximum atomic E-state index is 12.2. The maximum absolute atomic E-state index is 12.2. The van der Waals surface area contributed by atoms with E-state index in [0.29, 0.717) is 6.42 Å². The van der Waals surface area contributed by atoms with Crippen LogP contribution in [0, 0.1) is 0 Å². The summed E-state index contributed by atoms with van der Waals surface area (Å²) in [5, 5.41) is 27.8. The highest BCUT2D eigenvalue weighted by molar-refractivity contribution is 6.14. The third-order valence-corrected chi connectivity index (χ3v) is 2.88. The molecule has 0 atom stereocenters. The standard InChI is InChI=1S/C14H17NO8/c1-4-5-15-9(13(20)21)7(11(16)17)8(12(18)19)10(15)14(22)23-6(2)3/h6H,4-5H2,1-3H3,(H,16,17)(H,18,19)(H,20,21). The molecule has 126 valence electrons. The van der Waals surface area contributed by atoms with Gasteiger partial charge in [-0.15, -0.1) is 0 Å². The third kappa shape index (κ3) is 3.50. The van der Waals surface area contributed by atoms with Crippen molar-refractivity contribution in [1.82, 2.24) is 4.57 Å². The van der Waals surface area contributed by atoms with Gasteiger partial charge >= 0.3 is 23.9 Å². The molecule has 9 nitrogen and oxygen atoms in total. The van der Waals surface area contributed by atoms with Gasteiger partial charge in [-0.1, -0.05) is 6.92 Å². The average molecular weight is 327 g/mol. The molecule has 1 aromatic heterocycles. The molecule has 0 aliphatic heterocycles. The predicted molar refractivity (Wildman–Crippen MR) is 76.2 cm³/mol. The van der Waals surface area contributed by atoms with Crippen LogP contribution in [-0.2, 0) is 11.3 Å². The van der Waals surface area contributed by atoms with E-state index >= 15 is 0 Å². The van der Waals surface area contributed by atoms with Crippen LogP contribution in [-0.4, -0.2) is 49.9 Å². The number of nitrogens with zero attached hydrogens (tertiary/aromatic N) is 1. The van der Waals surface area contributed by atoms with Crippen molar-refractivity contribution in [2.24, 2.45) is 0 Å². The summed E-state index contributed by atoms with van der Waals surface area (Å²) in [4.78, 5) is 46.4. The highest BCUT2D eigenvalue weighted by Gasteiger charge is 2.37. The van der Waals surface area contributed by atoms with Gasteiger partial charge in [-0.25, -0.2) is 19.2 Å². The minimum Gasteiger partial charge on any atom is -0.478 e. The summed E-state index contributed by atoms with van der Waals surface area (Å²) in [6.45, 7) is 4.69.